The van der Waals surface area contributed by atoms with Crippen LogP contribution in [0, 0.1) is 0 Å². The number of methoxy groups -OCH3 is 1. The van der Waals surface area contributed by atoms with Crippen LogP contribution in [0.2, 0.25) is 0 Å². The summed E-state index contributed by atoms with van der Waals surface area (Å²) in [6, 6.07) is 8.98. The minimum absolute atomic E-state index is 0.0250. The largest absolute Gasteiger partial charge is 0.495 e. The molecule has 19 heavy (non-hydrogen) atoms. The number of hydrogen-bond donors (Lipinski definition) is 0. The summed E-state index contributed by atoms with van der Waals surface area (Å²) in [6.07, 6.45) is 0.124. The first-order valence-corrected chi connectivity index (χ1v) is 6.92. The summed E-state index contributed by atoms with van der Waals surface area (Å²) in [5.74, 6) is 1.37. The quantitative estimate of drug-likeness (QED) is 0.780. The molecule has 0 fully saturated rings. The Morgan fingerprint density at radius 1 is 1.16 bits per heavy atom. The molecule has 0 aliphatic carbocycles. The Balaban J connectivity index is 2.20. The molecule has 0 saturated heterocycles. The Hall–Kier alpha value is -1.81. The molecule has 0 aliphatic rings. The van der Waals surface area contributed by atoms with Crippen LogP contribution in [0.25, 0.3) is 0 Å². The van der Waals surface area contributed by atoms with Gasteiger partial charge in [-0.1, -0.05) is 0 Å². The monoisotopic (exact) mass is 276 g/mol. The first-order valence-electron chi connectivity index (χ1n) is 6.04. The van der Waals surface area contributed by atoms with E-state index in [0.717, 1.165) is 5.75 Å². The molecule has 0 bridgehead atoms. The summed E-state index contributed by atoms with van der Waals surface area (Å²) in [4.78, 5) is 12.9. The number of ketones is 1. The van der Waals surface area contributed by atoms with Gasteiger partial charge in [0.05, 0.1) is 13.2 Å². The van der Waals surface area contributed by atoms with Gasteiger partial charge in [-0.15, -0.1) is 11.3 Å². The Labute approximate surface area is 116 Å². The van der Waals surface area contributed by atoms with Gasteiger partial charge in [0.25, 0.3) is 0 Å². The van der Waals surface area contributed by atoms with E-state index in [-0.39, 0.29) is 11.9 Å². The minimum atomic E-state index is -0.0250. The molecule has 0 aliphatic heterocycles. The third-order valence-corrected chi connectivity index (χ3v) is 3.44. The van der Waals surface area contributed by atoms with E-state index in [0.29, 0.717) is 16.2 Å². The van der Waals surface area contributed by atoms with Gasteiger partial charge in [-0.05, 0) is 49.6 Å². The van der Waals surface area contributed by atoms with Gasteiger partial charge in [0, 0.05) is 5.56 Å². The van der Waals surface area contributed by atoms with Gasteiger partial charge < -0.3 is 9.47 Å². The molecule has 0 radical (unpaired) electrons. The molecule has 0 saturated carbocycles. The van der Waals surface area contributed by atoms with Crippen molar-refractivity contribution in [3.63, 3.8) is 0 Å². The third kappa shape index (κ3) is 3.15. The highest BCUT2D eigenvalue weighted by molar-refractivity contribution is 7.12. The predicted octanol–water partition coefficient (Wildman–Crippen LogP) is 3.77. The highest BCUT2D eigenvalue weighted by Gasteiger charge is 2.15. The molecule has 1 aromatic carbocycles. The lowest BCUT2D eigenvalue weighted by Crippen LogP contribution is -2.06. The highest BCUT2D eigenvalue weighted by Crippen LogP contribution is 2.27. The number of thiophene rings is 1. The Bertz CT molecular complexity index is 555. The molecule has 1 heterocycles. The first-order chi connectivity index (χ1) is 9.11. The standard InChI is InChI=1S/C15H16O3S/c1-10(2)18-12-6-4-11(5-7-12)14(16)15-13(17-3)8-9-19-15/h4-10H,1-3H3. The molecule has 4 heteroatoms. The summed E-state index contributed by atoms with van der Waals surface area (Å²) < 4.78 is 10.7. The second-order valence-electron chi connectivity index (χ2n) is 4.34. The van der Waals surface area contributed by atoms with Crippen molar-refractivity contribution in [3.8, 4) is 11.5 Å². The van der Waals surface area contributed by atoms with Crippen LogP contribution in [0.5, 0.6) is 11.5 Å². The molecule has 0 spiro atoms. The van der Waals surface area contributed by atoms with E-state index >= 15 is 0 Å². The van der Waals surface area contributed by atoms with Crippen LogP contribution in [0.4, 0.5) is 0 Å². The zero-order chi connectivity index (χ0) is 13.8. The lowest BCUT2D eigenvalue weighted by molar-refractivity contribution is 0.104. The second-order valence-corrected chi connectivity index (χ2v) is 5.25. The fourth-order valence-corrected chi connectivity index (χ4v) is 2.53. The normalized spacial score (nSPS) is 10.5. The second kappa shape index (κ2) is 5.89. The Morgan fingerprint density at radius 3 is 2.42 bits per heavy atom. The van der Waals surface area contributed by atoms with Crippen molar-refractivity contribution in [1.82, 2.24) is 0 Å². The summed E-state index contributed by atoms with van der Waals surface area (Å²) in [5.41, 5.74) is 0.636. The van der Waals surface area contributed by atoms with E-state index in [4.69, 9.17) is 9.47 Å². The van der Waals surface area contributed by atoms with Crippen LogP contribution < -0.4 is 9.47 Å². The summed E-state index contributed by atoms with van der Waals surface area (Å²) >= 11 is 1.39. The van der Waals surface area contributed by atoms with E-state index in [1.807, 2.05) is 31.4 Å². The van der Waals surface area contributed by atoms with Crippen LogP contribution >= 0.6 is 11.3 Å². The topological polar surface area (TPSA) is 35.5 Å². The summed E-state index contributed by atoms with van der Waals surface area (Å²) in [7, 11) is 1.57. The van der Waals surface area contributed by atoms with Gasteiger partial charge in [-0.2, -0.15) is 0 Å². The molecular formula is C15H16O3S. The first kappa shape index (κ1) is 13.6. The lowest BCUT2D eigenvalue weighted by Gasteiger charge is -2.09. The Morgan fingerprint density at radius 2 is 1.84 bits per heavy atom. The third-order valence-electron chi connectivity index (χ3n) is 2.54. The number of rotatable bonds is 5. The van der Waals surface area contributed by atoms with Gasteiger partial charge >= 0.3 is 0 Å². The van der Waals surface area contributed by atoms with Crippen LogP contribution in [-0.2, 0) is 0 Å². The molecule has 3 nitrogen and oxygen atoms in total. The summed E-state index contributed by atoms with van der Waals surface area (Å²) in [5, 5.41) is 1.85. The van der Waals surface area contributed by atoms with Gasteiger partial charge in [0.2, 0.25) is 5.78 Å². The maximum absolute atomic E-state index is 12.3. The van der Waals surface area contributed by atoms with E-state index in [2.05, 4.69) is 0 Å². The van der Waals surface area contributed by atoms with E-state index in [9.17, 15) is 4.79 Å². The van der Waals surface area contributed by atoms with Crippen LogP contribution in [0.3, 0.4) is 0 Å². The molecule has 100 valence electrons. The zero-order valence-corrected chi connectivity index (χ0v) is 12.0. The number of hydrogen-bond acceptors (Lipinski definition) is 4. The van der Waals surface area contributed by atoms with Gasteiger partial charge in [-0.25, -0.2) is 0 Å². The maximum Gasteiger partial charge on any atom is 0.206 e. The number of ether oxygens (including phenoxy) is 2. The fraction of sp³-hybridized carbons (Fsp3) is 0.267. The maximum atomic E-state index is 12.3. The molecule has 0 N–H and O–H groups in total. The zero-order valence-electron chi connectivity index (χ0n) is 11.2. The highest BCUT2D eigenvalue weighted by atomic mass is 32.1. The van der Waals surface area contributed by atoms with Gasteiger partial charge in [0.1, 0.15) is 16.4 Å². The molecule has 0 unspecified atom stereocenters. The van der Waals surface area contributed by atoms with Crippen LogP contribution in [-0.4, -0.2) is 19.0 Å². The van der Waals surface area contributed by atoms with Crippen molar-refractivity contribution >= 4 is 17.1 Å². The average molecular weight is 276 g/mol. The van der Waals surface area contributed by atoms with Crippen molar-refractivity contribution in [2.45, 2.75) is 20.0 Å². The molecule has 2 rings (SSSR count). The van der Waals surface area contributed by atoms with Crippen LogP contribution in [0.15, 0.2) is 35.7 Å². The van der Waals surface area contributed by atoms with Crippen molar-refractivity contribution in [2.75, 3.05) is 7.11 Å². The number of benzene rings is 1. The van der Waals surface area contributed by atoms with Gasteiger partial charge in [0.15, 0.2) is 0 Å². The SMILES string of the molecule is COc1ccsc1C(=O)c1ccc(OC(C)C)cc1. The molecule has 2 aromatic rings. The molecule has 1 aromatic heterocycles. The van der Waals surface area contributed by atoms with E-state index in [1.165, 1.54) is 11.3 Å². The van der Waals surface area contributed by atoms with Gasteiger partial charge in [-0.3, -0.25) is 4.79 Å². The lowest BCUT2D eigenvalue weighted by atomic mass is 10.1. The van der Waals surface area contributed by atoms with Crippen molar-refractivity contribution in [1.29, 1.82) is 0 Å². The molecular weight excluding hydrogens is 260 g/mol. The van der Waals surface area contributed by atoms with E-state index < -0.39 is 0 Å². The molecule has 0 atom stereocenters. The molecule has 0 amide bonds. The Kier molecular flexibility index (Phi) is 4.22. The van der Waals surface area contributed by atoms with E-state index in [1.54, 1.807) is 25.3 Å². The summed E-state index contributed by atoms with van der Waals surface area (Å²) in [6.45, 7) is 3.94. The predicted molar refractivity (Wildman–Crippen MR) is 76.5 cm³/mol. The smallest absolute Gasteiger partial charge is 0.206 e. The van der Waals surface area contributed by atoms with Crippen molar-refractivity contribution in [2.24, 2.45) is 0 Å². The minimum Gasteiger partial charge on any atom is -0.495 e. The average Bonchev–Trinajstić information content (AvgIpc) is 2.86. The van der Waals surface area contributed by atoms with Crippen molar-refractivity contribution in [3.05, 3.63) is 46.2 Å². The fourth-order valence-electron chi connectivity index (χ4n) is 1.71. The number of carbonyl (C=O) groups is 1. The van der Waals surface area contributed by atoms with Crippen molar-refractivity contribution < 1.29 is 14.3 Å². The van der Waals surface area contributed by atoms with Crippen LogP contribution in [0.1, 0.15) is 29.1 Å². The number of carbonyl (C=O) groups excluding carboxylic acids is 1.